The van der Waals surface area contributed by atoms with E-state index >= 15 is 0 Å². The van der Waals surface area contributed by atoms with Gasteiger partial charge in [0.1, 0.15) is 5.75 Å². The summed E-state index contributed by atoms with van der Waals surface area (Å²) in [5.41, 5.74) is 2.97. The van der Waals surface area contributed by atoms with Gasteiger partial charge in [-0.15, -0.1) is 10.2 Å². The number of hydrogen-bond donors (Lipinski definition) is 2. The molecular weight excluding hydrogens is 466 g/mol. The number of rotatable bonds is 4. The first-order chi connectivity index (χ1) is 12.3. The number of aryl methyl sites for hydroxylation is 2. The van der Waals surface area contributed by atoms with Gasteiger partial charge in [0.05, 0.1) is 9.99 Å². The first kappa shape index (κ1) is 18.6. The summed E-state index contributed by atoms with van der Waals surface area (Å²) in [4.78, 5) is 14.8. The van der Waals surface area contributed by atoms with Crippen molar-refractivity contribution < 1.29 is 14.6 Å². The van der Waals surface area contributed by atoms with E-state index in [0.717, 1.165) is 20.1 Å². The average Bonchev–Trinajstić information content (AvgIpc) is 2.87. The molecule has 0 spiro atoms. The third-order valence-corrected chi connectivity index (χ3v) is 5.21. The molecule has 6 nitrogen and oxygen atoms in total. The van der Waals surface area contributed by atoms with E-state index in [4.69, 9.17) is 4.74 Å². The zero-order chi connectivity index (χ0) is 18.8. The Kier molecular flexibility index (Phi) is 5.43. The number of H-pyrrole nitrogens is 1. The Morgan fingerprint density at radius 2 is 1.96 bits per heavy atom. The number of nitrogens with one attached hydrogen (secondary N) is 1. The first-order valence-electron chi connectivity index (χ1n) is 7.69. The van der Waals surface area contributed by atoms with Gasteiger partial charge in [-0.2, -0.15) is 0 Å². The maximum Gasteiger partial charge on any atom is 0.302 e. The number of hydrogen-bond acceptors (Lipinski definition) is 4. The van der Waals surface area contributed by atoms with Gasteiger partial charge in [-0.3, -0.25) is 4.79 Å². The van der Waals surface area contributed by atoms with Crippen molar-refractivity contribution in [2.75, 3.05) is 6.61 Å². The summed E-state index contributed by atoms with van der Waals surface area (Å²) in [5, 5.41) is 18.3. The molecule has 0 fully saturated rings. The van der Waals surface area contributed by atoms with Gasteiger partial charge in [-0.1, -0.05) is 22.0 Å². The van der Waals surface area contributed by atoms with Gasteiger partial charge >= 0.3 is 5.91 Å². The second kappa shape index (κ2) is 7.59. The fourth-order valence-corrected chi connectivity index (χ4v) is 3.34. The fraction of sp³-hybridized carbons (Fsp3) is 0.167. The van der Waals surface area contributed by atoms with Crippen molar-refractivity contribution in [3.05, 3.63) is 50.4 Å². The highest BCUT2D eigenvalue weighted by Gasteiger charge is 2.13. The number of carbonyl (C=O) groups excluding carboxylic acids is 1. The number of amides is 1. The van der Waals surface area contributed by atoms with Crippen molar-refractivity contribution in [1.29, 1.82) is 0 Å². The maximum atomic E-state index is 12.0. The van der Waals surface area contributed by atoms with Gasteiger partial charge in [0.15, 0.2) is 12.3 Å². The number of fused-ring (bicyclic) bond motifs is 1. The van der Waals surface area contributed by atoms with Crippen molar-refractivity contribution in [2.45, 2.75) is 13.8 Å². The van der Waals surface area contributed by atoms with Crippen LogP contribution in [0.15, 0.2) is 49.5 Å². The van der Waals surface area contributed by atoms with E-state index in [-0.39, 0.29) is 18.2 Å². The van der Waals surface area contributed by atoms with Gasteiger partial charge in [-0.25, -0.2) is 0 Å². The SMILES string of the molecule is Cc1ccc(OCC(=O)N=Nc2c(O)[nH]c3cc(Br)c(C)cc23)c(Br)c1. The van der Waals surface area contributed by atoms with Crippen molar-refractivity contribution in [3.8, 4) is 11.6 Å². The van der Waals surface area contributed by atoms with Crippen molar-refractivity contribution in [2.24, 2.45) is 10.2 Å². The molecule has 0 unspecified atom stereocenters. The zero-order valence-electron chi connectivity index (χ0n) is 14.0. The van der Waals surface area contributed by atoms with Crippen molar-refractivity contribution in [3.63, 3.8) is 0 Å². The molecule has 0 bridgehead atoms. The molecule has 3 rings (SSSR count). The Bertz CT molecular complexity index is 1030. The maximum absolute atomic E-state index is 12.0. The lowest BCUT2D eigenvalue weighted by Gasteiger charge is -2.06. The molecule has 2 aromatic carbocycles. The van der Waals surface area contributed by atoms with Crippen LogP contribution in [0.4, 0.5) is 5.69 Å². The lowest BCUT2D eigenvalue weighted by Crippen LogP contribution is -2.08. The number of benzene rings is 2. The second-order valence-corrected chi connectivity index (χ2v) is 7.49. The van der Waals surface area contributed by atoms with Gasteiger partial charge in [0, 0.05) is 9.86 Å². The Morgan fingerprint density at radius 1 is 1.19 bits per heavy atom. The normalized spacial score (nSPS) is 11.4. The van der Waals surface area contributed by atoms with Crippen LogP contribution in [-0.2, 0) is 4.79 Å². The number of carbonyl (C=O) groups is 1. The van der Waals surface area contributed by atoms with E-state index in [1.54, 1.807) is 6.07 Å². The zero-order valence-corrected chi connectivity index (χ0v) is 17.2. The molecule has 26 heavy (non-hydrogen) atoms. The molecular formula is C18H15Br2N3O3. The molecule has 0 saturated heterocycles. The monoisotopic (exact) mass is 479 g/mol. The number of ether oxygens (including phenoxy) is 1. The summed E-state index contributed by atoms with van der Waals surface area (Å²) in [7, 11) is 0. The largest absolute Gasteiger partial charge is 0.493 e. The Balaban J connectivity index is 1.75. The summed E-state index contributed by atoms with van der Waals surface area (Å²) in [6.45, 7) is 3.63. The van der Waals surface area contributed by atoms with E-state index in [9.17, 15) is 9.90 Å². The van der Waals surface area contributed by atoms with Crippen molar-refractivity contribution in [1.82, 2.24) is 4.98 Å². The van der Waals surface area contributed by atoms with Crippen LogP contribution in [0.1, 0.15) is 11.1 Å². The number of halogens is 2. The Labute approximate surface area is 166 Å². The fourth-order valence-electron chi connectivity index (χ4n) is 2.39. The lowest BCUT2D eigenvalue weighted by atomic mass is 10.1. The van der Waals surface area contributed by atoms with Crippen LogP contribution < -0.4 is 4.74 Å². The van der Waals surface area contributed by atoms with Crippen LogP contribution in [0.3, 0.4) is 0 Å². The third kappa shape index (κ3) is 3.96. The van der Waals surface area contributed by atoms with Crippen LogP contribution in [0.2, 0.25) is 0 Å². The number of aromatic nitrogens is 1. The van der Waals surface area contributed by atoms with Crippen LogP contribution in [0.5, 0.6) is 11.6 Å². The van der Waals surface area contributed by atoms with Gasteiger partial charge in [0.25, 0.3) is 0 Å². The molecule has 0 aliphatic rings. The van der Waals surface area contributed by atoms with Crippen molar-refractivity contribution >= 4 is 54.4 Å². The number of aromatic amines is 1. The van der Waals surface area contributed by atoms with Crippen LogP contribution in [0, 0.1) is 13.8 Å². The van der Waals surface area contributed by atoms with Gasteiger partial charge < -0.3 is 14.8 Å². The smallest absolute Gasteiger partial charge is 0.302 e. The summed E-state index contributed by atoms with van der Waals surface area (Å²) < 4.78 is 7.12. The van der Waals surface area contributed by atoms with E-state index in [0.29, 0.717) is 16.7 Å². The summed E-state index contributed by atoms with van der Waals surface area (Å²) in [5.74, 6) is -0.147. The van der Waals surface area contributed by atoms with Crippen LogP contribution in [-0.4, -0.2) is 22.6 Å². The summed E-state index contributed by atoms with van der Waals surface area (Å²) in [6.07, 6.45) is 0. The topological polar surface area (TPSA) is 87.0 Å². The average molecular weight is 481 g/mol. The molecule has 3 aromatic rings. The highest BCUT2D eigenvalue weighted by Crippen LogP contribution is 2.37. The molecule has 1 amide bonds. The molecule has 1 aromatic heterocycles. The minimum Gasteiger partial charge on any atom is -0.493 e. The van der Waals surface area contributed by atoms with E-state index < -0.39 is 5.91 Å². The van der Waals surface area contributed by atoms with Gasteiger partial charge in [-0.05, 0) is 65.2 Å². The Morgan fingerprint density at radius 3 is 2.69 bits per heavy atom. The van der Waals surface area contributed by atoms with E-state index in [1.807, 2.05) is 38.1 Å². The van der Waals surface area contributed by atoms with Crippen LogP contribution >= 0.6 is 31.9 Å². The summed E-state index contributed by atoms with van der Waals surface area (Å²) in [6, 6.07) is 9.25. The second-order valence-electron chi connectivity index (χ2n) is 5.79. The molecule has 8 heteroatoms. The number of nitrogens with zero attached hydrogens (tertiary/aromatic N) is 2. The standard InChI is InChI=1S/C18H15Br2N3O3/c1-9-3-4-15(13(20)5-9)26-8-16(24)22-23-17-11-6-10(2)12(19)7-14(11)21-18(17)25/h3-7,21,25H,8H2,1-2H3. The molecule has 1 heterocycles. The predicted octanol–water partition coefficient (Wildman–Crippen LogP) is 5.70. The highest BCUT2D eigenvalue weighted by atomic mass is 79.9. The quantitative estimate of drug-likeness (QED) is 0.469. The Hall–Kier alpha value is -2.19. The molecule has 2 N–H and O–H groups in total. The minimum absolute atomic E-state index is 0.142. The molecule has 0 radical (unpaired) electrons. The molecule has 0 aliphatic heterocycles. The molecule has 134 valence electrons. The third-order valence-electron chi connectivity index (χ3n) is 3.73. The van der Waals surface area contributed by atoms with Gasteiger partial charge in [0.2, 0.25) is 5.88 Å². The minimum atomic E-state index is -0.556. The molecule has 0 aliphatic carbocycles. The van der Waals surface area contributed by atoms with E-state index in [1.165, 1.54) is 0 Å². The molecule has 0 saturated carbocycles. The highest BCUT2D eigenvalue weighted by molar-refractivity contribution is 9.10. The first-order valence-corrected chi connectivity index (χ1v) is 9.28. The number of aromatic hydroxyl groups is 1. The van der Waals surface area contributed by atoms with Crippen LogP contribution in [0.25, 0.3) is 10.9 Å². The summed E-state index contributed by atoms with van der Waals surface area (Å²) >= 11 is 6.82. The molecule has 0 atom stereocenters. The number of azo groups is 1. The predicted molar refractivity (Wildman–Crippen MR) is 106 cm³/mol. The van der Waals surface area contributed by atoms with E-state index in [2.05, 4.69) is 47.1 Å². The lowest BCUT2D eigenvalue weighted by molar-refractivity contribution is -0.120.